The first-order valence-corrected chi connectivity index (χ1v) is 7.07. The zero-order valence-corrected chi connectivity index (χ0v) is 12.7. The summed E-state index contributed by atoms with van der Waals surface area (Å²) >= 11 is 0.468. The second-order valence-electron chi connectivity index (χ2n) is 4.38. The number of nitro benzene ring substituents is 4. The maximum atomic E-state index is 11.2. The fourth-order valence-electron chi connectivity index (χ4n) is 1.97. The molecule has 0 fully saturated rings. The molecule has 25 heavy (non-hydrogen) atoms. The lowest BCUT2D eigenvalue weighted by atomic mass is 10.2. The molecule has 0 bridgehead atoms. The molecule has 13 heteroatoms. The highest BCUT2D eigenvalue weighted by Crippen LogP contribution is 2.45. The van der Waals surface area contributed by atoms with Crippen molar-refractivity contribution in [2.45, 2.75) is 9.79 Å². The Bertz CT molecular complexity index is 842. The van der Waals surface area contributed by atoms with Crippen LogP contribution < -0.4 is 0 Å². The fraction of sp³-hybridized carbons (Fsp3) is 0. The normalized spacial score (nSPS) is 10.2. The van der Waals surface area contributed by atoms with E-state index in [0.29, 0.717) is 11.8 Å². The van der Waals surface area contributed by atoms with Crippen LogP contribution in [0.15, 0.2) is 46.2 Å². The van der Waals surface area contributed by atoms with Gasteiger partial charge in [0.15, 0.2) is 0 Å². The summed E-state index contributed by atoms with van der Waals surface area (Å²) < 4.78 is 0. The highest BCUT2D eigenvalue weighted by Gasteiger charge is 2.33. The lowest BCUT2D eigenvalue weighted by Gasteiger charge is -2.04. The highest BCUT2D eigenvalue weighted by molar-refractivity contribution is 7.99. The summed E-state index contributed by atoms with van der Waals surface area (Å²) in [6.45, 7) is 0. The van der Waals surface area contributed by atoms with E-state index in [2.05, 4.69) is 0 Å². The number of nitrogens with zero attached hydrogens (tertiary/aromatic N) is 4. The molecule has 0 amide bonds. The molecule has 2 aromatic carbocycles. The van der Waals surface area contributed by atoms with Crippen LogP contribution in [0.4, 0.5) is 22.7 Å². The summed E-state index contributed by atoms with van der Waals surface area (Å²) in [6.07, 6.45) is 0. The van der Waals surface area contributed by atoms with Gasteiger partial charge in [0.25, 0.3) is 0 Å². The smallest absolute Gasteiger partial charge is 0.258 e. The Kier molecular flexibility index (Phi) is 4.88. The molecule has 0 unspecified atom stereocenters. The number of nitro groups is 4. The predicted molar refractivity (Wildman–Crippen MR) is 83.6 cm³/mol. The van der Waals surface area contributed by atoms with Crippen LogP contribution in [0, 0.1) is 40.5 Å². The summed E-state index contributed by atoms with van der Waals surface area (Å²) in [4.78, 5) is 39.9. The van der Waals surface area contributed by atoms with Crippen LogP contribution in [0.2, 0.25) is 0 Å². The molecule has 0 saturated heterocycles. The van der Waals surface area contributed by atoms with E-state index in [1.165, 1.54) is 24.3 Å². The first-order valence-electron chi connectivity index (χ1n) is 6.25. The van der Waals surface area contributed by atoms with Gasteiger partial charge in [-0.1, -0.05) is 23.9 Å². The summed E-state index contributed by atoms with van der Waals surface area (Å²) in [7, 11) is 0. The van der Waals surface area contributed by atoms with E-state index in [4.69, 9.17) is 0 Å². The van der Waals surface area contributed by atoms with Crippen LogP contribution in [-0.2, 0) is 0 Å². The molecule has 0 saturated carbocycles. The highest BCUT2D eigenvalue weighted by atomic mass is 32.2. The summed E-state index contributed by atoms with van der Waals surface area (Å²) in [5.74, 6) is 0. The Morgan fingerprint density at radius 1 is 0.600 bits per heavy atom. The van der Waals surface area contributed by atoms with Crippen LogP contribution in [-0.4, -0.2) is 19.7 Å². The van der Waals surface area contributed by atoms with Gasteiger partial charge >= 0.3 is 22.7 Å². The van der Waals surface area contributed by atoms with Crippen molar-refractivity contribution in [1.82, 2.24) is 0 Å². The van der Waals surface area contributed by atoms with Crippen molar-refractivity contribution < 1.29 is 19.7 Å². The minimum Gasteiger partial charge on any atom is -0.258 e. The minimum atomic E-state index is -0.982. The van der Waals surface area contributed by atoms with E-state index < -0.39 is 42.4 Å². The van der Waals surface area contributed by atoms with Crippen molar-refractivity contribution in [3.63, 3.8) is 0 Å². The Morgan fingerprint density at radius 2 is 0.960 bits per heavy atom. The van der Waals surface area contributed by atoms with Gasteiger partial charge in [-0.2, -0.15) is 0 Å². The molecule has 0 N–H and O–H groups in total. The summed E-state index contributed by atoms with van der Waals surface area (Å²) in [6, 6.07) is 6.53. The second-order valence-corrected chi connectivity index (χ2v) is 5.46. The van der Waals surface area contributed by atoms with E-state index in [9.17, 15) is 40.5 Å². The first kappa shape index (κ1) is 17.7. The summed E-state index contributed by atoms with van der Waals surface area (Å²) in [5, 5.41) is 44.2. The number of benzene rings is 2. The van der Waals surface area contributed by atoms with Gasteiger partial charge in [0.2, 0.25) is 0 Å². The van der Waals surface area contributed by atoms with Gasteiger partial charge in [-0.25, -0.2) is 0 Å². The average Bonchev–Trinajstić information content (AvgIpc) is 2.53. The standard InChI is InChI=1S/C12H6N4O8S/c17-13(18)7-3-1-5-9(11(7)15(21)22)25-10-6-2-4-8(14(19)20)12(10)16(23)24/h1-6H. The van der Waals surface area contributed by atoms with E-state index in [-0.39, 0.29) is 9.79 Å². The predicted octanol–water partition coefficient (Wildman–Crippen LogP) is 3.47. The fourth-order valence-corrected chi connectivity index (χ4v) is 3.05. The first-order chi connectivity index (χ1) is 11.7. The van der Waals surface area contributed by atoms with Crippen molar-refractivity contribution in [3.8, 4) is 0 Å². The van der Waals surface area contributed by atoms with Gasteiger partial charge in [0.1, 0.15) is 0 Å². The quantitative estimate of drug-likeness (QED) is 0.547. The van der Waals surface area contributed by atoms with Crippen LogP contribution in [0.25, 0.3) is 0 Å². The van der Waals surface area contributed by atoms with Crippen molar-refractivity contribution in [2.75, 3.05) is 0 Å². The van der Waals surface area contributed by atoms with Crippen molar-refractivity contribution in [1.29, 1.82) is 0 Å². The molecule has 0 aromatic heterocycles. The molecular weight excluding hydrogens is 360 g/mol. The Hall–Kier alpha value is -3.61. The van der Waals surface area contributed by atoms with Crippen LogP contribution in [0.5, 0.6) is 0 Å². The molecule has 0 radical (unpaired) electrons. The Balaban J connectivity index is 2.66. The van der Waals surface area contributed by atoms with E-state index in [0.717, 1.165) is 12.1 Å². The maximum Gasteiger partial charge on any atom is 0.359 e. The van der Waals surface area contributed by atoms with Crippen LogP contribution >= 0.6 is 11.8 Å². The molecule has 12 nitrogen and oxygen atoms in total. The lowest BCUT2D eigenvalue weighted by molar-refractivity contribution is -0.424. The molecule has 2 rings (SSSR count). The molecule has 0 aliphatic rings. The number of para-hydroxylation sites is 2. The third-order valence-electron chi connectivity index (χ3n) is 2.93. The number of rotatable bonds is 6. The second kappa shape index (κ2) is 6.88. The topological polar surface area (TPSA) is 173 Å². The molecule has 2 aromatic rings. The summed E-state index contributed by atoms with van der Waals surface area (Å²) in [5.41, 5.74) is -3.28. The molecule has 0 spiro atoms. The average molecular weight is 366 g/mol. The SMILES string of the molecule is O=[N+]([O-])c1cccc(Sc2cccc([N+](=O)[O-])c2[N+](=O)[O-])c1[N+](=O)[O-]. The van der Waals surface area contributed by atoms with E-state index in [1.54, 1.807) is 0 Å². The van der Waals surface area contributed by atoms with E-state index in [1.807, 2.05) is 0 Å². The lowest BCUT2D eigenvalue weighted by Crippen LogP contribution is -2.00. The van der Waals surface area contributed by atoms with Crippen molar-refractivity contribution in [2.24, 2.45) is 0 Å². The number of hydrogen-bond donors (Lipinski definition) is 0. The Morgan fingerprint density at radius 3 is 1.24 bits per heavy atom. The zero-order chi connectivity index (χ0) is 18.7. The number of hydrogen-bond acceptors (Lipinski definition) is 9. The largest absolute Gasteiger partial charge is 0.359 e. The van der Waals surface area contributed by atoms with Gasteiger partial charge in [-0.05, 0) is 12.1 Å². The van der Waals surface area contributed by atoms with Crippen molar-refractivity contribution in [3.05, 3.63) is 76.9 Å². The Labute approximate surface area is 141 Å². The molecule has 0 aliphatic carbocycles. The van der Waals surface area contributed by atoms with Crippen LogP contribution in [0.3, 0.4) is 0 Å². The van der Waals surface area contributed by atoms with E-state index >= 15 is 0 Å². The molecular formula is C12H6N4O8S. The van der Waals surface area contributed by atoms with Crippen LogP contribution in [0.1, 0.15) is 0 Å². The molecule has 0 heterocycles. The third-order valence-corrected chi connectivity index (χ3v) is 4.03. The van der Waals surface area contributed by atoms with Gasteiger partial charge in [0.05, 0.1) is 29.5 Å². The minimum absolute atomic E-state index is 0.247. The monoisotopic (exact) mass is 366 g/mol. The van der Waals surface area contributed by atoms with Gasteiger partial charge < -0.3 is 0 Å². The molecule has 128 valence electrons. The molecule has 0 aliphatic heterocycles. The zero-order valence-electron chi connectivity index (χ0n) is 11.9. The van der Waals surface area contributed by atoms with Gasteiger partial charge in [0, 0.05) is 12.1 Å². The van der Waals surface area contributed by atoms with Crippen molar-refractivity contribution >= 4 is 34.5 Å². The maximum absolute atomic E-state index is 11.2. The third kappa shape index (κ3) is 3.50. The van der Waals surface area contributed by atoms with Gasteiger partial charge in [-0.3, -0.25) is 40.5 Å². The molecule has 0 atom stereocenters. The van der Waals surface area contributed by atoms with Gasteiger partial charge in [-0.15, -0.1) is 0 Å².